The fourth-order valence-corrected chi connectivity index (χ4v) is 3.99. The summed E-state index contributed by atoms with van der Waals surface area (Å²) in [6, 6.07) is 7.81. The lowest BCUT2D eigenvalue weighted by molar-refractivity contribution is 0.0696. The molecule has 1 aliphatic rings. The van der Waals surface area contributed by atoms with E-state index in [9.17, 15) is 4.79 Å². The van der Waals surface area contributed by atoms with E-state index in [1.54, 1.807) is 4.40 Å². The highest BCUT2D eigenvalue weighted by Crippen LogP contribution is 2.27. The van der Waals surface area contributed by atoms with Crippen molar-refractivity contribution in [2.24, 2.45) is 0 Å². The number of carbonyl (C=O) groups excluding carboxylic acids is 1. The Morgan fingerprint density at radius 2 is 1.89 bits per heavy atom. The molecular weight excluding hydrogens is 356 g/mol. The average Bonchev–Trinajstić information content (AvgIpc) is 3.32. The second-order valence-electron chi connectivity index (χ2n) is 7.25. The predicted octanol–water partition coefficient (Wildman–Crippen LogP) is 1.80. The average molecular weight is 376 g/mol. The van der Waals surface area contributed by atoms with Crippen LogP contribution in [0, 0.1) is 13.8 Å². The number of pyridine rings is 1. The number of hydrogen-bond donors (Lipinski definition) is 0. The molecule has 28 heavy (non-hydrogen) atoms. The summed E-state index contributed by atoms with van der Waals surface area (Å²) in [4.78, 5) is 19.3. The van der Waals surface area contributed by atoms with Gasteiger partial charge >= 0.3 is 0 Å². The number of aryl methyl sites for hydroxylation is 2. The van der Waals surface area contributed by atoms with Gasteiger partial charge in [-0.1, -0.05) is 6.07 Å². The summed E-state index contributed by atoms with van der Waals surface area (Å²) in [6.45, 7) is 5.14. The molecule has 4 aromatic heterocycles. The monoisotopic (exact) mass is 376 g/mol. The second-order valence-corrected chi connectivity index (χ2v) is 7.25. The molecule has 0 N–H and O–H groups in total. The molecular formula is C19H20N8O. The zero-order chi connectivity index (χ0) is 19.3. The summed E-state index contributed by atoms with van der Waals surface area (Å²) < 4.78 is 3.76. The first-order chi connectivity index (χ1) is 13.6. The van der Waals surface area contributed by atoms with Gasteiger partial charge in [0, 0.05) is 36.6 Å². The lowest BCUT2D eigenvalue weighted by Gasteiger charge is -2.30. The Morgan fingerprint density at radius 1 is 1.07 bits per heavy atom. The number of fused-ring (bicyclic) bond motifs is 2. The predicted molar refractivity (Wildman–Crippen MR) is 101 cm³/mol. The highest BCUT2D eigenvalue weighted by atomic mass is 16.2. The van der Waals surface area contributed by atoms with Gasteiger partial charge in [0.25, 0.3) is 11.7 Å². The molecule has 0 unspecified atom stereocenters. The quantitative estimate of drug-likeness (QED) is 0.530. The van der Waals surface area contributed by atoms with Gasteiger partial charge in [0.1, 0.15) is 5.82 Å². The van der Waals surface area contributed by atoms with Crippen molar-refractivity contribution in [3.05, 3.63) is 53.5 Å². The van der Waals surface area contributed by atoms with E-state index < -0.39 is 0 Å². The molecule has 0 aromatic carbocycles. The van der Waals surface area contributed by atoms with Gasteiger partial charge < -0.3 is 4.90 Å². The Hall–Kier alpha value is -3.36. The van der Waals surface area contributed by atoms with Crippen LogP contribution in [0.5, 0.6) is 0 Å². The normalized spacial score (nSPS) is 15.6. The zero-order valence-electron chi connectivity index (χ0n) is 15.8. The third-order valence-corrected chi connectivity index (χ3v) is 5.37. The number of amides is 1. The molecule has 9 nitrogen and oxygen atoms in total. The first-order valence-electron chi connectivity index (χ1n) is 9.40. The molecule has 0 aliphatic carbocycles. The van der Waals surface area contributed by atoms with E-state index in [0.717, 1.165) is 35.7 Å². The molecule has 5 rings (SSSR count). The van der Waals surface area contributed by atoms with Gasteiger partial charge in [-0.3, -0.25) is 13.6 Å². The summed E-state index contributed by atoms with van der Waals surface area (Å²) in [5.74, 6) is 1.93. The van der Waals surface area contributed by atoms with Crippen molar-refractivity contribution in [1.82, 2.24) is 39.1 Å². The standard InChI is InChI=1S/C19H20N8O/c1-12-11-13(2)27-17(23-24-19(27)20-12)18(28)25-9-6-14(7-10-25)16-22-21-15-5-3-4-8-26(15)16/h3-5,8,11,14H,6-7,9-10H2,1-2H3. The minimum atomic E-state index is -0.106. The number of piperidine rings is 1. The van der Waals surface area contributed by atoms with E-state index in [4.69, 9.17) is 0 Å². The van der Waals surface area contributed by atoms with E-state index in [2.05, 4.69) is 25.4 Å². The fraction of sp³-hybridized carbons (Fsp3) is 0.368. The van der Waals surface area contributed by atoms with Crippen LogP contribution in [-0.2, 0) is 0 Å². The fourth-order valence-electron chi connectivity index (χ4n) is 3.99. The number of likely N-dealkylation sites (tertiary alicyclic amines) is 1. The smallest absolute Gasteiger partial charge is 0.292 e. The third-order valence-electron chi connectivity index (χ3n) is 5.37. The van der Waals surface area contributed by atoms with Gasteiger partial charge in [0.15, 0.2) is 5.65 Å². The van der Waals surface area contributed by atoms with Crippen LogP contribution in [0.15, 0.2) is 30.5 Å². The molecule has 1 aliphatic heterocycles. The largest absolute Gasteiger partial charge is 0.336 e. The topological polar surface area (TPSA) is 93.6 Å². The Bertz CT molecular complexity index is 1190. The number of hydrogen-bond acceptors (Lipinski definition) is 6. The van der Waals surface area contributed by atoms with Crippen LogP contribution in [-0.4, -0.2) is 58.1 Å². The second kappa shape index (κ2) is 6.36. The summed E-state index contributed by atoms with van der Waals surface area (Å²) in [5.41, 5.74) is 2.61. The molecule has 142 valence electrons. The maximum Gasteiger partial charge on any atom is 0.292 e. The van der Waals surface area contributed by atoms with Gasteiger partial charge in [-0.15, -0.1) is 20.4 Å². The molecule has 0 bridgehead atoms. The Labute approximate surface area is 161 Å². The maximum atomic E-state index is 13.1. The summed E-state index contributed by atoms with van der Waals surface area (Å²) >= 11 is 0. The SMILES string of the molecule is Cc1cc(C)n2c(C(=O)N3CCC(c4nnc5ccccn45)CC3)nnc2n1. The summed E-state index contributed by atoms with van der Waals surface area (Å²) in [6.07, 6.45) is 3.67. The molecule has 9 heteroatoms. The Balaban J connectivity index is 1.36. The van der Waals surface area contributed by atoms with Crippen LogP contribution in [0.25, 0.3) is 11.4 Å². The zero-order valence-corrected chi connectivity index (χ0v) is 15.8. The van der Waals surface area contributed by atoms with Crippen molar-refractivity contribution < 1.29 is 4.79 Å². The molecule has 5 heterocycles. The molecule has 0 saturated carbocycles. The lowest BCUT2D eigenvalue weighted by atomic mass is 9.96. The van der Waals surface area contributed by atoms with Crippen LogP contribution >= 0.6 is 0 Å². The molecule has 1 fully saturated rings. The van der Waals surface area contributed by atoms with Crippen LogP contribution in [0.1, 0.15) is 46.6 Å². The molecule has 0 atom stereocenters. The van der Waals surface area contributed by atoms with E-state index in [0.29, 0.717) is 24.7 Å². The van der Waals surface area contributed by atoms with Crippen LogP contribution < -0.4 is 0 Å². The first-order valence-corrected chi connectivity index (χ1v) is 9.40. The number of carbonyl (C=O) groups is 1. The molecule has 4 aromatic rings. The van der Waals surface area contributed by atoms with E-state index in [-0.39, 0.29) is 11.8 Å². The van der Waals surface area contributed by atoms with Gasteiger partial charge in [-0.25, -0.2) is 4.98 Å². The van der Waals surface area contributed by atoms with Crippen molar-refractivity contribution in [3.8, 4) is 0 Å². The van der Waals surface area contributed by atoms with E-state index in [1.165, 1.54) is 0 Å². The summed E-state index contributed by atoms with van der Waals surface area (Å²) in [5, 5.41) is 16.8. The molecule has 0 radical (unpaired) electrons. The number of rotatable bonds is 2. The summed E-state index contributed by atoms with van der Waals surface area (Å²) in [7, 11) is 0. The Morgan fingerprint density at radius 3 is 2.71 bits per heavy atom. The van der Waals surface area contributed by atoms with Crippen molar-refractivity contribution in [2.75, 3.05) is 13.1 Å². The third kappa shape index (κ3) is 2.62. The van der Waals surface area contributed by atoms with Crippen LogP contribution in [0.2, 0.25) is 0 Å². The molecule has 1 saturated heterocycles. The van der Waals surface area contributed by atoms with Crippen molar-refractivity contribution in [2.45, 2.75) is 32.6 Å². The number of nitrogens with zero attached hydrogens (tertiary/aromatic N) is 8. The molecule has 1 amide bonds. The van der Waals surface area contributed by atoms with Crippen LogP contribution in [0.4, 0.5) is 0 Å². The van der Waals surface area contributed by atoms with Crippen molar-refractivity contribution in [1.29, 1.82) is 0 Å². The highest BCUT2D eigenvalue weighted by Gasteiger charge is 2.29. The lowest BCUT2D eigenvalue weighted by Crippen LogP contribution is -2.39. The minimum Gasteiger partial charge on any atom is -0.336 e. The number of aromatic nitrogens is 7. The maximum absolute atomic E-state index is 13.1. The van der Waals surface area contributed by atoms with Crippen molar-refractivity contribution >= 4 is 17.3 Å². The van der Waals surface area contributed by atoms with Gasteiger partial charge in [-0.2, -0.15) is 0 Å². The Kier molecular flexibility index (Phi) is 3.81. The van der Waals surface area contributed by atoms with Gasteiger partial charge in [-0.05, 0) is 44.9 Å². The minimum absolute atomic E-state index is 0.106. The van der Waals surface area contributed by atoms with E-state index in [1.807, 2.05) is 53.6 Å². The van der Waals surface area contributed by atoms with Gasteiger partial charge in [0.2, 0.25) is 5.82 Å². The van der Waals surface area contributed by atoms with E-state index >= 15 is 0 Å². The van der Waals surface area contributed by atoms with Crippen molar-refractivity contribution in [3.63, 3.8) is 0 Å². The van der Waals surface area contributed by atoms with Gasteiger partial charge in [0.05, 0.1) is 0 Å². The highest BCUT2D eigenvalue weighted by molar-refractivity contribution is 5.91. The first kappa shape index (κ1) is 16.8. The molecule has 0 spiro atoms. The van der Waals surface area contributed by atoms with Crippen LogP contribution in [0.3, 0.4) is 0 Å².